The van der Waals surface area contributed by atoms with Crippen molar-refractivity contribution in [1.29, 1.82) is 0 Å². The number of nitrogens with zero attached hydrogens (tertiary/aromatic N) is 3. The lowest BCUT2D eigenvalue weighted by atomic mass is 10.1. The maximum absolute atomic E-state index is 12.7. The molecule has 2 aromatic rings. The van der Waals surface area contributed by atoms with Gasteiger partial charge in [0, 0.05) is 36.6 Å². The highest BCUT2D eigenvalue weighted by atomic mass is 19.4. The lowest BCUT2D eigenvalue weighted by Gasteiger charge is -2.27. The lowest BCUT2D eigenvalue weighted by Crippen LogP contribution is -2.42. The predicted octanol–water partition coefficient (Wildman–Crippen LogP) is 2.58. The van der Waals surface area contributed by atoms with Crippen LogP contribution in [0.4, 0.5) is 24.5 Å². The number of benzene rings is 2. The molecule has 1 aliphatic heterocycles. The Morgan fingerprint density at radius 3 is 2.43 bits per heavy atom. The molecule has 0 spiro atoms. The van der Waals surface area contributed by atoms with E-state index in [4.69, 9.17) is 16.3 Å². The molecule has 1 fully saturated rings. The van der Waals surface area contributed by atoms with Crippen molar-refractivity contribution in [3.05, 3.63) is 59.7 Å². The number of nitrogens with two attached hydrogens (primary N) is 2. The maximum Gasteiger partial charge on any atom is 0.416 e. The number of anilines is 2. The normalized spacial score (nSPS) is 15.8. The third kappa shape index (κ3) is 6.09. The van der Waals surface area contributed by atoms with Crippen molar-refractivity contribution in [2.24, 2.45) is 16.7 Å². The van der Waals surface area contributed by atoms with Crippen LogP contribution < -0.4 is 16.9 Å². The van der Waals surface area contributed by atoms with Crippen molar-refractivity contribution < 1.29 is 17.9 Å². The van der Waals surface area contributed by atoms with E-state index in [1.807, 2.05) is 0 Å². The number of hydrazone groups is 1. The Kier molecular flexibility index (Phi) is 7.14. The van der Waals surface area contributed by atoms with Gasteiger partial charge < -0.3 is 15.8 Å². The first-order valence-electron chi connectivity index (χ1n) is 9.53. The molecule has 30 heavy (non-hydrogen) atoms. The van der Waals surface area contributed by atoms with E-state index < -0.39 is 11.7 Å². The highest BCUT2D eigenvalue weighted by molar-refractivity contribution is 6.02. The van der Waals surface area contributed by atoms with Gasteiger partial charge in [-0.25, -0.2) is 11.0 Å². The molecule has 10 heteroatoms. The van der Waals surface area contributed by atoms with Crippen LogP contribution in [0.15, 0.2) is 53.6 Å². The average molecular weight is 422 g/mol. The number of rotatable bonds is 7. The summed E-state index contributed by atoms with van der Waals surface area (Å²) in [5.41, 5.74) is 7.15. The van der Waals surface area contributed by atoms with Crippen LogP contribution in [0.3, 0.4) is 0 Å². The van der Waals surface area contributed by atoms with Crippen LogP contribution in [-0.4, -0.2) is 55.2 Å². The highest BCUT2D eigenvalue weighted by Gasteiger charge is 2.29. The molecule has 0 aromatic heterocycles. The van der Waals surface area contributed by atoms with Gasteiger partial charge in [-0.1, -0.05) is 12.1 Å². The maximum atomic E-state index is 12.7. The second kappa shape index (κ2) is 9.79. The summed E-state index contributed by atoms with van der Waals surface area (Å²) in [6.45, 7) is 4.36. The molecule has 0 bridgehead atoms. The summed E-state index contributed by atoms with van der Waals surface area (Å²) in [6.07, 6.45) is -4.38. The van der Waals surface area contributed by atoms with E-state index in [9.17, 15) is 13.2 Å². The van der Waals surface area contributed by atoms with Crippen LogP contribution in [0.25, 0.3) is 0 Å². The summed E-state index contributed by atoms with van der Waals surface area (Å²) < 4.78 is 43.5. The van der Waals surface area contributed by atoms with Crippen LogP contribution in [0, 0.1) is 0 Å². The Morgan fingerprint density at radius 2 is 1.77 bits per heavy atom. The Labute approximate surface area is 173 Å². The number of halogens is 3. The third-order valence-electron chi connectivity index (χ3n) is 4.68. The second-order valence-corrected chi connectivity index (χ2v) is 6.85. The largest absolute Gasteiger partial charge is 0.416 e. The monoisotopic (exact) mass is 422 g/mol. The molecule has 0 aliphatic carbocycles. The first kappa shape index (κ1) is 21.9. The molecular weight excluding hydrogens is 397 g/mol. The number of hydrazine groups is 1. The third-order valence-corrected chi connectivity index (χ3v) is 4.68. The van der Waals surface area contributed by atoms with Gasteiger partial charge in [-0.3, -0.25) is 4.90 Å². The summed E-state index contributed by atoms with van der Waals surface area (Å²) in [7, 11) is 0. The molecule has 0 radical (unpaired) electrons. The smallest absolute Gasteiger partial charge is 0.382 e. The van der Waals surface area contributed by atoms with Gasteiger partial charge in [0.1, 0.15) is 0 Å². The fourth-order valence-corrected chi connectivity index (χ4v) is 3.02. The number of alkyl halides is 3. The molecule has 5 N–H and O–H groups in total. The number of nitrogens with one attached hydrogen (secondary N) is 1. The Hall–Kier alpha value is -2.82. The zero-order chi connectivity index (χ0) is 21.6. The van der Waals surface area contributed by atoms with Crippen molar-refractivity contribution in [2.75, 3.05) is 44.7 Å². The zero-order valence-corrected chi connectivity index (χ0v) is 16.4. The SMILES string of the molecule is N/C(=N\N(N)CCN1CCOCC1)c1ccccc1Nc1ccc(C(F)(F)F)cc1. The van der Waals surface area contributed by atoms with Crippen molar-refractivity contribution in [2.45, 2.75) is 6.18 Å². The van der Waals surface area contributed by atoms with Gasteiger partial charge in [0.15, 0.2) is 5.84 Å². The van der Waals surface area contributed by atoms with E-state index in [0.29, 0.717) is 36.7 Å². The quantitative estimate of drug-likeness (QED) is 0.275. The Bertz CT molecular complexity index is 850. The van der Waals surface area contributed by atoms with Crippen molar-refractivity contribution in [3.63, 3.8) is 0 Å². The highest BCUT2D eigenvalue weighted by Crippen LogP contribution is 2.30. The van der Waals surface area contributed by atoms with E-state index in [2.05, 4.69) is 15.3 Å². The molecule has 1 heterocycles. The molecular formula is C20H25F3N6O. The van der Waals surface area contributed by atoms with E-state index in [1.165, 1.54) is 17.3 Å². The predicted molar refractivity (Wildman–Crippen MR) is 110 cm³/mol. The fraction of sp³-hybridized carbons (Fsp3) is 0.350. The molecule has 3 rings (SSSR count). The molecule has 1 aliphatic rings. The minimum Gasteiger partial charge on any atom is -0.382 e. The molecule has 1 saturated heterocycles. The van der Waals surface area contributed by atoms with Gasteiger partial charge in [0.25, 0.3) is 0 Å². The van der Waals surface area contributed by atoms with Gasteiger partial charge in [0.05, 0.1) is 25.3 Å². The van der Waals surface area contributed by atoms with Crippen molar-refractivity contribution in [1.82, 2.24) is 10.0 Å². The van der Waals surface area contributed by atoms with Crippen molar-refractivity contribution >= 4 is 17.2 Å². The standard InChI is InChI=1S/C20H25F3N6O/c21-20(22,23)15-5-7-16(8-6-15)26-18-4-2-1-3-17(18)19(24)27-29(25)10-9-28-11-13-30-14-12-28/h1-8,26H,9-14,25H2,(H2,24,27). The lowest BCUT2D eigenvalue weighted by molar-refractivity contribution is -0.137. The number of morpholine rings is 1. The number of hydrogen-bond donors (Lipinski definition) is 3. The first-order valence-corrected chi connectivity index (χ1v) is 9.53. The van der Waals surface area contributed by atoms with Crippen LogP contribution >= 0.6 is 0 Å². The van der Waals surface area contributed by atoms with Gasteiger partial charge >= 0.3 is 6.18 Å². The summed E-state index contributed by atoms with van der Waals surface area (Å²) in [6, 6.07) is 11.9. The molecule has 162 valence electrons. The summed E-state index contributed by atoms with van der Waals surface area (Å²) in [4.78, 5) is 2.23. The topological polar surface area (TPSA) is 92.1 Å². The number of amidine groups is 1. The molecule has 0 saturated carbocycles. The summed E-state index contributed by atoms with van der Waals surface area (Å²) in [5, 5.41) is 8.61. The molecule has 0 amide bonds. The van der Waals surface area contributed by atoms with Crippen LogP contribution in [0.1, 0.15) is 11.1 Å². The van der Waals surface area contributed by atoms with Gasteiger partial charge in [-0.15, -0.1) is 5.10 Å². The fourth-order valence-electron chi connectivity index (χ4n) is 3.02. The molecule has 0 atom stereocenters. The second-order valence-electron chi connectivity index (χ2n) is 6.85. The van der Waals surface area contributed by atoms with E-state index in [-0.39, 0.29) is 5.84 Å². The minimum atomic E-state index is -4.38. The first-order chi connectivity index (χ1) is 14.3. The van der Waals surface area contributed by atoms with E-state index in [1.54, 1.807) is 24.3 Å². The number of hydrogen-bond acceptors (Lipinski definition) is 6. The van der Waals surface area contributed by atoms with Crippen molar-refractivity contribution in [3.8, 4) is 0 Å². The van der Waals surface area contributed by atoms with Crippen LogP contribution in [0.2, 0.25) is 0 Å². The van der Waals surface area contributed by atoms with Gasteiger partial charge in [-0.05, 0) is 36.4 Å². The Balaban J connectivity index is 1.66. The molecule has 2 aromatic carbocycles. The van der Waals surface area contributed by atoms with E-state index >= 15 is 0 Å². The summed E-state index contributed by atoms with van der Waals surface area (Å²) >= 11 is 0. The zero-order valence-electron chi connectivity index (χ0n) is 16.4. The van der Waals surface area contributed by atoms with Crippen LogP contribution in [-0.2, 0) is 10.9 Å². The van der Waals surface area contributed by atoms with Crippen LogP contribution in [0.5, 0.6) is 0 Å². The minimum absolute atomic E-state index is 0.203. The molecule has 0 unspecified atom stereocenters. The van der Waals surface area contributed by atoms with E-state index in [0.717, 1.165) is 31.8 Å². The average Bonchev–Trinajstić information content (AvgIpc) is 2.73. The number of ether oxygens (including phenoxy) is 1. The van der Waals surface area contributed by atoms with Gasteiger partial charge in [-0.2, -0.15) is 13.2 Å². The molecule has 7 nitrogen and oxygen atoms in total. The summed E-state index contributed by atoms with van der Waals surface area (Å²) in [5.74, 6) is 6.17. The number of para-hydroxylation sites is 1. The van der Waals surface area contributed by atoms with Gasteiger partial charge in [0.2, 0.25) is 0 Å². The Morgan fingerprint density at radius 1 is 1.10 bits per heavy atom.